The van der Waals surface area contributed by atoms with Crippen LogP contribution >= 0.6 is 0 Å². The summed E-state index contributed by atoms with van der Waals surface area (Å²) in [6, 6.07) is 11.5. The molecule has 4 nitrogen and oxygen atoms in total. The molecule has 1 aromatic carbocycles. The molecule has 4 heteroatoms. The van der Waals surface area contributed by atoms with Gasteiger partial charge in [-0.3, -0.25) is 9.78 Å². The van der Waals surface area contributed by atoms with Crippen molar-refractivity contribution >= 4 is 12.0 Å². The Morgan fingerprint density at radius 3 is 2.65 bits per heavy atom. The van der Waals surface area contributed by atoms with Gasteiger partial charge < -0.3 is 9.64 Å². The molecule has 2 rings (SSSR count). The lowest BCUT2D eigenvalue weighted by molar-refractivity contribution is -0.126. The number of rotatable bonds is 6. The van der Waals surface area contributed by atoms with Crippen LogP contribution in [0.4, 0.5) is 0 Å². The fourth-order valence-corrected chi connectivity index (χ4v) is 2.24. The van der Waals surface area contributed by atoms with Crippen molar-refractivity contribution in [1.82, 2.24) is 9.88 Å². The van der Waals surface area contributed by atoms with Crippen LogP contribution in [0.25, 0.3) is 6.08 Å². The third kappa shape index (κ3) is 4.42. The molecule has 0 saturated carbocycles. The largest absolute Gasteiger partial charge is 0.493 e. The molecular weight excluding hydrogens is 288 g/mol. The van der Waals surface area contributed by atoms with Crippen LogP contribution < -0.4 is 4.74 Å². The van der Waals surface area contributed by atoms with E-state index in [1.54, 1.807) is 36.5 Å². The molecule has 0 saturated heterocycles. The van der Waals surface area contributed by atoms with Gasteiger partial charge in [0.25, 0.3) is 0 Å². The molecule has 0 aliphatic rings. The number of ether oxygens (including phenoxy) is 1. The minimum Gasteiger partial charge on any atom is -0.493 e. The molecule has 1 aromatic heterocycles. The van der Waals surface area contributed by atoms with Crippen molar-refractivity contribution in [3.8, 4) is 5.75 Å². The highest BCUT2D eigenvalue weighted by Gasteiger charge is 2.15. The molecule has 23 heavy (non-hydrogen) atoms. The number of hydrogen-bond acceptors (Lipinski definition) is 3. The van der Waals surface area contributed by atoms with Crippen LogP contribution in [0.2, 0.25) is 0 Å². The maximum atomic E-state index is 12.4. The van der Waals surface area contributed by atoms with Crippen molar-refractivity contribution in [2.24, 2.45) is 0 Å². The van der Waals surface area contributed by atoms with Gasteiger partial charge in [-0.25, -0.2) is 0 Å². The summed E-state index contributed by atoms with van der Waals surface area (Å²) < 4.78 is 5.56. The lowest BCUT2D eigenvalue weighted by atomic mass is 10.1. The van der Waals surface area contributed by atoms with Gasteiger partial charge in [0.15, 0.2) is 0 Å². The summed E-state index contributed by atoms with van der Waals surface area (Å²) in [6.45, 7) is 4.53. The summed E-state index contributed by atoms with van der Waals surface area (Å²) in [6.07, 6.45) is 6.84. The third-order valence-corrected chi connectivity index (χ3v) is 3.74. The monoisotopic (exact) mass is 310 g/mol. The van der Waals surface area contributed by atoms with E-state index in [0.717, 1.165) is 16.9 Å². The van der Waals surface area contributed by atoms with E-state index in [0.29, 0.717) is 6.61 Å². The molecule has 0 bridgehead atoms. The predicted octanol–water partition coefficient (Wildman–Crippen LogP) is 3.71. The molecule has 0 N–H and O–H groups in total. The highest BCUT2D eigenvalue weighted by atomic mass is 16.5. The number of benzene rings is 1. The van der Waals surface area contributed by atoms with E-state index in [1.165, 1.54) is 0 Å². The fraction of sp³-hybridized carbons (Fsp3) is 0.263. The van der Waals surface area contributed by atoms with E-state index < -0.39 is 0 Å². The number of nitrogens with zero attached hydrogens (tertiary/aromatic N) is 2. The van der Waals surface area contributed by atoms with Crippen LogP contribution in [0.1, 0.15) is 31.0 Å². The smallest absolute Gasteiger partial charge is 0.246 e. The maximum Gasteiger partial charge on any atom is 0.246 e. The first-order valence-corrected chi connectivity index (χ1v) is 7.70. The second-order valence-corrected chi connectivity index (χ2v) is 5.21. The van der Waals surface area contributed by atoms with Gasteiger partial charge in [0.2, 0.25) is 5.91 Å². The van der Waals surface area contributed by atoms with Crippen molar-refractivity contribution in [1.29, 1.82) is 0 Å². The first kappa shape index (κ1) is 16.7. The number of amides is 1. The number of pyridine rings is 1. The molecule has 2 aromatic rings. The van der Waals surface area contributed by atoms with Gasteiger partial charge in [-0.15, -0.1) is 0 Å². The van der Waals surface area contributed by atoms with Crippen LogP contribution in [0.3, 0.4) is 0 Å². The standard InChI is InChI=1S/C19H22N2O2/c1-4-23-18-8-6-5-7-17(18)9-10-19(22)21(3)15(2)16-11-13-20-14-12-16/h5-15H,4H2,1-3H3. The average Bonchev–Trinajstić information content (AvgIpc) is 2.60. The molecule has 120 valence electrons. The van der Waals surface area contributed by atoms with Gasteiger partial charge in [-0.2, -0.15) is 0 Å². The summed E-state index contributed by atoms with van der Waals surface area (Å²) in [5.74, 6) is 0.726. The van der Waals surface area contributed by atoms with E-state index in [1.807, 2.05) is 50.2 Å². The lowest BCUT2D eigenvalue weighted by Crippen LogP contribution is -2.27. The van der Waals surface area contributed by atoms with Gasteiger partial charge in [-0.1, -0.05) is 18.2 Å². The Hall–Kier alpha value is -2.62. The normalized spacial score (nSPS) is 12.1. The summed E-state index contributed by atoms with van der Waals surface area (Å²) >= 11 is 0. The van der Waals surface area contributed by atoms with Crippen molar-refractivity contribution in [2.45, 2.75) is 19.9 Å². The van der Waals surface area contributed by atoms with Gasteiger partial charge in [0.1, 0.15) is 5.75 Å². The Balaban J connectivity index is 2.09. The molecule has 0 aliphatic heterocycles. The molecule has 1 unspecified atom stereocenters. The first-order valence-electron chi connectivity index (χ1n) is 7.70. The van der Waals surface area contributed by atoms with E-state index in [-0.39, 0.29) is 11.9 Å². The zero-order chi connectivity index (χ0) is 16.7. The van der Waals surface area contributed by atoms with Crippen molar-refractivity contribution < 1.29 is 9.53 Å². The van der Waals surface area contributed by atoms with E-state index >= 15 is 0 Å². The maximum absolute atomic E-state index is 12.4. The molecule has 1 atom stereocenters. The predicted molar refractivity (Wildman–Crippen MR) is 92.1 cm³/mol. The molecule has 0 aliphatic carbocycles. The average molecular weight is 310 g/mol. The number of hydrogen-bond donors (Lipinski definition) is 0. The molecular formula is C19H22N2O2. The van der Waals surface area contributed by atoms with Crippen LogP contribution in [0, 0.1) is 0 Å². The Labute approximate surface area is 137 Å². The zero-order valence-corrected chi connectivity index (χ0v) is 13.8. The van der Waals surface area contributed by atoms with Gasteiger partial charge in [0, 0.05) is 31.1 Å². The third-order valence-electron chi connectivity index (χ3n) is 3.74. The first-order chi connectivity index (χ1) is 11.1. The molecule has 0 spiro atoms. The zero-order valence-electron chi connectivity index (χ0n) is 13.8. The molecule has 1 heterocycles. The lowest BCUT2D eigenvalue weighted by Gasteiger charge is -2.24. The Kier molecular flexibility index (Phi) is 5.92. The fourth-order valence-electron chi connectivity index (χ4n) is 2.24. The summed E-state index contributed by atoms with van der Waals surface area (Å²) in [7, 11) is 1.80. The van der Waals surface area contributed by atoms with Crippen LogP contribution in [-0.4, -0.2) is 29.4 Å². The Morgan fingerprint density at radius 2 is 1.96 bits per heavy atom. The highest BCUT2D eigenvalue weighted by molar-refractivity contribution is 5.92. The van der Waals surface area contributed by atoms with E-state index in [4.69, 9.17) is 4.74 Å². The topological polar surface area (TPSA) is 42.4 Å². The highest BCUT2D eigenvalue weighted by Crippen LogP contribution is 2.21. The second kappa shape index (κ2) is 8.13. The summed E-state index contributed by atoms with van der Waals surface area (Å²) in [5, 5.41) is 0. The van der Waals surface area contributed by atoms with Crippen molar-refractivity contribution in [3.63, 3.8) is 0 Å². The SMILES string of the molecule is CCOc1ccccc1C=CC(=O)N(C)C(C)c1ccncc1. The van der Waals surface area contributed by atoms with Gasteiger partial charge >= 0.3 is 0 Å². The number of likely N-dealkylation sites (N-methyl/N-ethyl adjacent to an activating group) is 1. The summed E-state index contributed by atoms with van der Waals surface area (Å²) in [5.41, 5.74) is 1.95. The number of carbonyl (C=O) groups excluding carboxylic acids is 1. The summed E-state index contributed by atoms with van der Waals surface area (Å²) in [4.78, 5) is 18.1. The minimum atomic E-state index is -0.0550. The Bertz CT molecular complexity index is 668. The number of aromatic nitrogens is 1. The number of para-hydroxylation sites is 1. The van der Waals surface area contributed by atoms with Gasteiger partial charge in [-0.05, 0) is 43.7 Å². The van der Waals surface area contributed by atoms with Crippen molar-refractivity contribution in [2.75, 3.05) is 13.7 Å². The van der Waals surface area contributed by atoms with E-state index in [2.05, 4.69) is 4.98 Å². The minimum absolute atomic E-state index is 0.0164. The van der Waals surface area contributed by atoms with Gasteiger partial charge in [0.05, 0.1) is 12.6 Å². The van der Waals surface area contributed by atoms with E-state index in [9.17, 15) is 4.79 Å². The molecule has 0 radical (unpaired) electrons. The Morgan fingerprint density at radius 1 is 1.26 bits per heavy atom. The van der Waals surface area contributed by atoms with Crippen LogP contribution in [-0.2, 0) is 4.79 Å². The van der Waals surface area contributed by atoms with Crippen molar-refractivity contribution in [3.05, 3.63) is 66.0 Å². The second-order valence-electron chi connectivity index (χ2n) is 5.21. The number of carbonyl (C=O) groups is 1. The van der Waals surface area contributed by atoms with Crippen LogP contribution in [0.15, 0.2) is 54.9 Å². The molecule has 0 fully saturated rings. The quantitative estimate of drug-likeness (QED) is 0.764. The van der Waals surface area contributed by atoms with Crippen LogP contribution in [0.5, 0.6) is 5.75 Å². The molecule has 1 amide bonds.